The Kier molecular flexibility index (Phi) is 3.73. The number of nitrogens with one attached hydrogen (secondary N) is 1. The van der Waals surface area contributed by atoms with Gasteiger partial charge in [-0.3, -0.25) is 0 Å². The van der Waals surface area contributed by atoms with E-state index in [1.54, 1.807) is 7.05 Å². The summed E-state index contributed by atoms with van der Waals surface area (Å²) in [6.07, 6.45) is 0. The van der Waals surface area contributed by atoms with Crippen molar-refractivity contribution >= 4 is 11.3 Å². The van der Waals surface area contributed by atoms with E-state index in [0.717, 1.165) is 16.5 Å². The Labute approximate surface area is 107 Å². The van der Waals surface area contributed by atoms with E-state index in [2.05, 4.69) is 5.32 Å². The zero-order chi connectivity index (χ0) is 13.3. The topological polar surface area (TPSA) is 12.0 Å². The average molecular weight is 271 g/mol. The summed E-state index contributed by atoms with van der Waals surface area (Å²) < 4.78 is 39.9. The lowest BCUT2D eigenvalue weighted by molar-refractivity contribution is 0.435. The van der Waals surface area contributed by atoms with Crippen LogP contribution in [0.3, 0.4) is 0 Å². The lowest BCUT2D eigenvalue weighted by atomic mass is 9.99. The van der Waals surface area contributed by atoms with Gasteiger partial charge >= 0.3 is 0 Å². The number of rotatable bonds is 3. The van der Waals surface area contributed by atoms with Crippen molar-refractivity contribution < 1.29 is 13.2 Å². The van der Waals surface area contributed by atoms with Gasteiger partial charge in [-0.1, -0.05) is 6.07 Å². The summed E-state index contributed by atoms with van der Waals surface area (Å²) in [5.41, 5.74) is 0.977. The minimum Gasteiger partial charge on any atom is -0.309 e. The highest BCUT2D eigenvalue weighted by molar-refractivity contribution is 7.10. The molecule has 1 unspecified atom stereocenters. The van der Waals surface area contributed by atoms with E-state index in [0.29, 0.717) is 0 Å². The Morgan fingerprint density at radius 3 is 2.33 bits per heavy atom. The van der Waals surface area contributed by atoms with Gasteiger partial charge in [0.25, 0.3) is 0 Å². The number of hydrogen-bond acceptors (Lipinski definition) is 2. The number of hydrogen-bond donors (Lipinski definition) is 1. The Bertz CT molecular complexity index is 565. The van der Waals surface area contributed by atoms with E-state index in [-0.39, 0.29) is 5.56 Å². The van der Waals surface area contributed by atoms with Crippen LogP contribution in [0.1, 0.15) is 22.0 Å². The van der Waals surface area contributed by atoms with Crippen molar-refractivity contribution in [3.05, 3.63) is 57.0 Å². The van der Waals surface area contributed by atoms with E-state index in [9.17, 15) is 13.2 Å². The second-order valence-corrected chi connectivity index (χ2v) is 5.04. The van der Waals surface area contributed by atoms with E-state index < -0.39 is 23.5 Å². The number of halogens is 3. The minimum absolute atomic E-state index is 0.109. The fourth-order valence-corrected chi connectivity index (χ4v) is 2.68. The molecule has 1 nitrogen and oxygen atoms in total. The molecular formula is C13H12F3NS. The van der Waals surface area contributed by atoms with Crippen molar-refractivity contribution in [2.45, 2.75) is 13.0 Å². The van der Waals surface area contributed by atoms with Gasteiger partial charge in [0.15, 0.2) is 17.5 Å². The Morgan fingerprint density at radius 2 is 1.78 bits per heavy atom. The van der Waals surface area contributed by atoms with Crippen molar-refractivity contribution in [3.8, 4) is 0 Å². The molecule has 0 fully saturated rings. The van der Waals surface area contributed by atoms with Crippen molar-refractivity contribution in [1.29, 1.82) is 0 Å². The summed E-state index contributed by atoms with van der Waals surface area (Å²) in [5, 5.41) is 4.81. The lowest BCUT2D eigenvalue weighted by Crippen LogP contribution is -2.20. The maximum Gasteiger partial charge on any atom is 0.194 e. The smallest absolute Gasteiger partial charge is 0.194 e. The molecule has 0 aliphatic heterocycles. The number of aryl methyl sites for hydroxylation is 1. The molecule has 0 bridgehead atoms. The molecule has 1 aromatic carbocycles. The van der Waals surface area contributed by atoms with Gasteiger partial charge < -0.3 is 5.32 Å². The Morgan fingerprint density at radius 1 is 1.06 bits per heavy atom. The van der Waals surface area contributed by atoms with Crippen LogP contribution >= 0.6 is 11.3 Å². The summed E-state index contributed by atoms with van der Waals surface area (Å²) in [6, 6.07) is 3.58. The van der Waals surface area contributed by atoms with Crippen molar-refractivity contribution in [2.75, 3.05) is 7.05 Å². The number of thiophene rings is 1. The maximum absolute atomic E-state index is 13.8. The van der Waals surface area contributed by atoms with Crippen LogP contribution in [0.5, 0.6) is 0 Å². The first-order valence-corrected chi connectivity index (χ1v) is 6.29. The first-order valence-electron chi connectivity index (χ1n) is 5.41. The molecule has 1 atom stereocenters. The van der Waals surface area contributed by atoms with Gasteiger partial charge in [0, 0.05) is 10.4 Å². The highest BCUT2D eigenvalue weighted by Gasteiger charge is 2.22. The standard InChI is InChI=1S/C13H12F3NS/c1-7-8(5-6-18-7)13(17-2)9-3-4-10(14)12(16)11(9)15/h3-6,13,17H,1-2H3. The van der Waals surface area contributed by atoms with Crippen molar-refractivity contribution in [2.24, 2.45) is 0 Å². The van der Waals surface area contributed by atoms with Crippen LogP contribution in [0.4, 0.5) is 13.2 Å². The van der Waals surface area contributed by atoms with Crippen LogP contribution in [-0.4, -0.2) is 7.05 Å². The van der Waals surface area contributed by atoms with Gasteiger partial charge in [-0.15, -0.1) is 11.3 Å². The van der Waals surface area contributed by atoms with Crippen molar-refractivity contribution in [1.82, 2.24) is 5.32 Å². The summed E-state index contributed by atoms with van der Waals surface area (Å²) >= 11 is 1.53. The molecule has 18 heavy (non-hydrogen) atoms. The fraction of sp³-hybridized carbons (Fsp3) is 0.231. The van der Waals surface area contributed by atoms with Crippen LogP contribution in [0, 0.1) is 24.4 Å². The Balaban J connectivity index is 2.53. The minimum atomic E-state index is -1.43. The van der Waals surface area contributed by atoms with Crippen molar-refractivity contribution in [3.63, 3.8) is 0 Å². The van der Waals surface area contributed by atoms with Gasteiger partial charge in [-0.25, -0.2) is 13.2 Å². The summed E-state index contributed by atoms with van der Waals surface area (Å²) in [6.45, 7) is 1.90. The fourth-order valence-electron chi connectivity index (χ4n) is 1.94. The summed E-state index contributed by atoms with van der Waals surface area (Å²) in [5.74, 6) is -3.74. The zero-order valence-electron chi connectivity index (χ0n) is 9.93. The SMILES string of the molecule is CNC(c1ccsc1C)c1ccc(F)c(F)c1F. The summed E-state index contributed by atoms with van der Waals surface area (Å²) in [4.78, 5) is 1.01. The molecule has 0 spiro atoms. The third kappa shape index (κ3) is 2.15. The lowest BCUT2D eigenvalue weighted by Gasteiger charge is -2.18. The first kappa shape index (κ1) is 13.1. The third-order valence-electron chi connectivity index (χ3n) is 2.87. The van der Waals surface area contributed by atoms with E-state index in [1.807, 2.05) is 18.4 Å². The van der Waals surface area contributed by atoms with E-state index >= 15 is 0 Å². The average Bonchev–Trinajstić information content (AvgIpc) is 2.77. The monoisotopic (exact) mass is 271 g/mol. The molecular weight excluding hydrogens is 259 g/mol. The molecule has 0 aliphatic carbocycles. The van der Waals surface area contributed by atoms with Crippen LogP contribution in [0.2, 0.25) is 0 Å². The van der Waals surface area contributed by atoms with Crippen LogP contribution in [0.25, 0.3) is 0 Å². The summed E-state index contributed by atoms with van der Waals surface area (Å²) in [7, 11) is 1.66. The van der Waals surface area contributed by atoms with Gasteiger partial charge in [0.1, 0.15) is 0 Å². The molecule has 1 N–H and O–H groups in total. The molecule has 0 aliphatic rings. The number of benzene rings is 1. The second kappa shape index (κ2) is 5.12. The van der Waals surface area contributed by atoms with Crippen LogP contribution < -0.4 is 5.32 Å². The first-order chi connectivity index (χ1) is 8.56. The third-order valence-corrected chi connectivity index (χ3v) is 3.74. The van der Waals surface area contributed by atoms with Gasteiger partial charge in [0.2, 0.25) is 0 Å². The molecule has 1 aromatic heterocycles. The molecule has 0 radical (unpaired) electrons. The van der Waals surface area contributed by atoms with E-state index in [1.165, 1.54) is 17.4 Å². The normalized spacial score (nSPS) is 12.7. The predicted molar refractivity (Wildman–Crippen MR) is 66.3 cm³/mol. The molecule has 5 heteroatoms. The van der Waals surface area contributed by atoms with E-state index in [4.69, 9.17) is 0 Å². The van der Waals surface area contributed by atoms with Gasteiger partial charge in [-0.2, -0.15) is 0 Å². The zero-order valence-corrected chi connectivity index (χ0v) is 10.7. The predicted octanol–water partition coefficient (Wildman–Crippen LogP) is 3.78. The second-order valence-electron chi connectivity index (χ2n) is 3.92. The molecule has 2 aromatic rings. The molecule has 0 saturated carbocycles. The molecule has 2 rings (SSSR count). The van der Waals surface area contributed by atoms with Crippen LogP contribution in [-0.2, 0) is 0 Å². The largest absolute Gasteiger partial charge is 0.309 e. The molecule has 1 heterocycles. The highest BCUT2D eigenvalue weighted by atomic mass is 32.1. The van der Waals surface area contributed by atoms with Gasteiger partial charge in [0.05, 0.1) is 6.04 Å². The quantitative estimate of drug-likeness (QED) is 0.838. The molecule has 0 saturated heterocycles. The van der Waals surface area contributed by atoms with Gasteiger partial charge in [-0.05, 0) is 37.0 Å². The molecule has 96 valence electrons. The molecule has 0 amide bonds. The highest BCUT2D eigenvalue weighted by Crippen LogP contribution is 2.30. The maximum atomic E-state index is 13.8. The van der Waals surface area contributed by atoms with Crippen LogP contribution in [0.15, 0.2) is 23.6 Å². The Hall–Kier alpha value is -1.33.